The summed E-state index contributed by atoms with van der Waals surface area (Å²) in [6.45, 7) is 0. The lowest BCUT2D eigenvalue weighted by Gasteiger charge is -1.98. The van der Waals surface area contributed by atoms with E-state index in [9.17, 15) is 4.79 Å². The van der Waals surface area contributed by atoms with E-state index in [2.05, 4.69) is 9.97 Å². The fourth-order valence-electron chi connectivity index (χ4n) is 0.878. The van der Waals surface area contributed by atoms with Crippen molar-refractivity contribution in [1.29, 1.82) is 0 Å². The second kappa shape index (κ2) is 6.52. The number of alkyl halides is 3. The van der Waals surface area contributed by atoms with Gasteiger partial charge in [0.25, 0.3) is 0 Å². The second-order valence-corrected chi connectivity index (χ2v) is 4.15. The maximum absolute atomic E-state index is 11.4. The molecular weight excluding hydrogens is 274 g/mol. The molecule has 2 heterocycles. The summed E-state index contributed by atoms with van der Waals surface area (Å²) >= 11 is 14.2. The predicted octanol–water partition coefficient (Wildman–Crippen LogP) is 2.58. The number of carbonyl (C=O) groups excluding carboxylic acids is 1. The van der Waals surface area contributed by atoms with Crippen LogP contribution in [-0.4, -0.2) is 29.4 Å². The standard InChI is InChI=1S/C7H6N4O.CHCl3/c12-7(10-3-1-8-5-10)11-4-2-9-6-11;2-1(3)4/h1-6H;1H/i;1D. The zero-order chi connectivity index (χ0) is 12.9. The molecule has 0 aliphatic carbocycles. The Kier molecular flexibility index (Phi) is 4.67. The van der Waals surface area contributed by atoms with Crippen LogP contribution in [0.25, 0.3) is 0 Å². The summed E-state index contributed by atoms with van der Waals surface area (Å²) in [4.78, 5) is 18.9. The minimum atomic E-state index is -1.83. The van der Waals surface area contributed by atoms with E-state index in [1.54, 1.807) is 24.8 Å². The molecular formula is C8H7Cl3N4O. The average molecular weight is 283 g/mol. The van der Waals surface area contributed by atoms with E-state index in [1.807, 2.05) is 0 Å². The Morgan fingerprint density at radius 3 is 1.75 bits per heavy atom. The Morgan fingerprint density at radius 1 is 1.12 bits per heavy atom. The lowest BCUT2D eigenvalue weighted by Crippen LogP contribution is -2.15. The van der Waals surface area contributed by atoms with Gasteiger partial charge in [-0.25, -0.2) is 14.8 Å². The minimum Gasteiger partial charge on any atom is -0.257 e. The monoisotopic (exact) mass is 281 g/mol. The Bertz CT molecular complexity index is 409. The van der Waals surface area contributed by atoms with Crippen LogP contribution in [0.3, 0.4) is 0 Å². The van der Waals surface area contributed by atoms with Gasteiger partial charge in [-0.2, -0.15) is 0 Å². The number of rotatable bonds is 0. The first-order chi connectivity index (χ1) is 7.88. The molecule has 0 amide bonds. The van der Waals surface area contributed by atoms with E-state index >= 15 is 0 Å². The SMILES string of the molecule is O=C(n1ccnc1)n1ccnc1.[2H]C(Cl)(Cl)Cl. The summed E-state index contributed by atoms with van der Waals surface area (Å²) < 4.78 is 7.15. The Hall–Kier alpha value is -1.04. The molecule has 2 aromatic rings. The minimum absolute atomic E-state index is 0.190. The zero-order valence-electron chi connectivity index (χ0n) is 8.80. The van der Waals surface area contributed by atoms with Crippen molar-refractivity contribution in [3.63, 3.8) is 0 Å². The van der Waals surface area contributed by atoms with Crippen LogP contribution in [0.4, 0.5) is 4.79 Å². The fraction of sp³-hybridized carbons (Fsp3) is 0.125. The Labute approximate surface area is 108 Å². The molecule has 2 rings (SSSR count). The van der Waals surface area contributed by atoms with Crippen molar-refractivity contribution in [3.8, 4) is 0 Å². The van der Waals surface area contributed by atoms with E-state index < -0.39 is 4.27 Å². The normalized spacial score (nSPS) is 11.3. The molecule has 2 aromatic heterocycles. The molecule has 0 unspecified atom stereocenters. The molecule has 86 valence electrons. The third-order valence-corrected chi connectivity index (χ3v) is 1.45. The highest BCUT2D eigenvalue weighted by atomic mass is 35.6. The van der Waals surface area contributed by atoms with Gasteiger partial charge in [-0.05, 0) is 0 Å². The molecule has 0 aliphatic rings. The van der Waals surface area contributed by atoms with Crippen LogP contribution in [0, 0.1) is 0 Å². The highest BCUT2D eigenvalue weighted by Gasteiger charge is 2.03. The van der Waals surface area contributed by atoms with Gasteiger partial charge in [-0.15, -0.1) is 0 Å². The molecule has 0 atom stereocenters. The largest absolute Gasteiger partial charge is 0.338 e. The Morgan fingerprint density at radius 2 is 1.50 bits per heavy atom. The summed E-state index contributed by atoms with van der Waals surface area (Å²) in [5.74, 6) is 0. The summed E-state index contributed by atoms with van der Waals surface area (Å²) in [5.41, 5.74) is 0. The Balaban J connectivity index is 0.000000249. The van der Waals surface area contributed by atoms with Crippen molar-refractivity contribution in [3.05, 3.63) is 37.4 Å². The van der Waals surface area contributed by atoms with Crippen LogP contribution in [-0.2, 0) is 0 Å². The number of hydrogen-bond donors (Lipinski definition) is 0. The number of aromatic nitrogens is 4. The zero-order valence-corrected chi connectivity index (χ0v) is 10.1. The third kappa shape index (κ3) is 4.22. The molecule has 8 heteroatoms. The summed E-state index contributed by atoms with van der Waals surface area (Å²) in [6.07, 6.45) is 9.17. The first-order valence-corrected chi connectivity index (χ1v) is 5.08. The number of carbonyl (C=O) groups is 1. The number of halogens is 3. The van der Waals surface area contributed by atoms with Crippen LogP contribution >= 0.6 is 34.8 Å². The highest BCUT2D eigenvalue weighted by Crippen LogP contribution is 2.03. The van der Waals surface area contributed by atoms with Gasteiger partial charge in [0.2, 0.25) is 0 Å². The molecule has 0 aliphatic heterocycles. The van der Waals surface area contributed by atoms with Crippen molar-refractivity contribution in [1.82, 2.24) is 19.1 Å². The number of hydrogen-bond acceptors (Lipinski definition) is 3. The van der Waals surface area contributed by atoms with Crippen LogP contribution in [0.2, 0.25) is 0 Å². The van der Waals surface area contributed by atoms with Crippen molar-refractivity contribution in [2.24, 2.45) is 0 Å². The highest BCUT2D eigenvalue weighted by molar-refractivity contribution is 6.63. The van der Waals surface area contributed by atoms with Gasteiger partial charge in [0.1, 0.15) is 12.7 Å². The second-order valence-electron chi connectivity index (χ2n) is 2.44. The van der Waals surface area contributed by atoms with E-state index in [0.717, 1.165) is 0 Å². The van der Waals surface area contributed by atoms with Crippen LogP contribution in [0.15, 0.2) is 37.4 Å². The van der Waals surface area contributed by atoms with Gasteiger partial charge in [-0.1, -0.05) is 34.8 Å². The molecule has 0 saturated carbocycles. The van der Waals surface area contributed by atoms with E-state index in [1.165, 1.54) is 21.8 Å². The average Bonchev–Trinajstić information content (AvgIpc) is 2.88. The molecule has 0 aromatic carbocycles. The van der Waals surface area contributed by atoms with E-state index in [0.29, 0.717) is 0 Å². The van der Waals surface area contributed by atoms with Gasteiger partial charge in [-0.3, -0.25) is 9.13 Å². The van der Waals surface area contributed by atoms with Crippen molar-refractivity contribution < 1.29 is 6.17 Å². The van der Waals surface area contributed by atoms with Crippen molar-refractivity contribution >= 4 is 40.8 Å². The maximum Gasteiger partial charge on any atom is 0.338 e. The van der Waals surface area contributed by atoms with Gasteiger partial charge < -0.3 is 0 Å². The van der Waals surface area contributed by atoms with Gasteiger partial charge >= 0.3 is 6.03 Å². The fourth-order valence-corrected chi connectivity index (χ4v) is 0.878. The maximum atomic E-state index is 11.4. The quantitative estimate of drug-likeness (QED) is 0.698. The molecule has 16 heavy (non-hydrogen) atoms. The van der Waals surface area contributed by atoms with Gasteiger partial charge in [0.15, 0.2) is 4.27 Å². The topological polar surface area (TPSA) is 52.7 Å². The van der Waals surface area contributed by atoms with E-state index in [-0.39, 0.29) is 6.03 Å². The smallest absolute Gasteiger partial charge is 0.257 e. The molecule has 5 nitrogen and oxygen atoms in total. The van der Waals surface area contributed by atoms with Gasteiger partial charge in [0, 0.05) is 24.8 Å². The summed E-state index contributed by atoms with van der Waals surface area (Å²) in [6, 6.07) is -0.190. The van der Waals surface area contributed by atoms with Crippen LogP contribution < -0.4 is 0 Å². The third-order valence-electron chi connectivity index (χ3n) is 1.45. The van der Waals surface area contributed by atoms with Crippen LogP contribution in [0.5, 0.6) is 0 Å². The molecule has 0 bridgehead atoms. The summed E-state index contributed by atoms with van der Waals surface area (Å²) in [7, 11) is 0. The molecule has 0 spiro atoms. The van der Waals surface area contributed by atoms with Gasteiger partial charge in [0.05, 0.1) is 1.37 Å². The first-order valence-electron chi connectivity index (χ1n) is 4.45. The molecule has 0 radical (unpaired) electrons. The number of nitrogens with zero attached hydrogens (tertiary/aromatic N) is 4. The lowest BCUT2D eigenvalue weighted by atomic mass is 10.8. The van der Waals surface area contributed by atoms with Crippen molar-refractivity contribution in [2.75, 3.05) is 0 Å². The lowest BCUT2D eigenvalue weighted by molar-refractivity contribution is 0.244. The molecule has 0 fully saturated rings. The molecule has 0 N–H and O–H groups in total. The van der Waals surface area contributed by atoms with Crippen LogP contribution in [0.1, 0.15) is 1.37 Å². The number of imidazole rings is 2. The molecule has 0 saturated heterocycles. The van der Waals surface area contributed by atoms with E-state index in [4.69, 9.17) is 36.2 Å². The summed E-state index contributed by atoms with van der Waals surface area (Å²) in [5, 5.41) is 0. The predicted molar refractivity (Wildman–Crippen MR) is 62.0 cm³/mol. The van der Waals surface area contributed by atoms with Crippen molar-refractivity contribution in [2.45, 2.75) is 4.27 Å². The first kappa shape index (κ1) is 11.4.